The molecule has 1 aliphatic rings. The molecule has 0 bridgehead atoms. The molecule has 0 fully saturated rings. The Kier molecular flexibility index (Phi) is 32.6. The van der Waals surface area contributed by atoms with Gasteiger partial charge in [-0.2, -0.15) is 8.42 Å². The van der Waals surface area contributed by atoms with Crippen molar-refractivity contribution in [3.05, 3.63) is 118 Å². The van der Waals surface area contributed by atoms with Crippen LogP contribution in [0.15, 0.2) is 78.9 Å². The van der Waals surface area contributed by atoms with Crippen LogP contribution in [0.25, 0.3) is 10.2 Å². The summed E-state index contributed by atoms with van der Waals surface area (Å²) in [7, 11) is 2.41. The standard InChI is InChI=1S/C73H90FN15O18S3/c1-9-35-106-73(100)86(6)43-50-42-51(77-66(94)55(20-12-30-76-69(75)98)78-67(95)63(46(2)3)80-60(91)29-37-104-38-33-88-61(92)27-28-62(88)93)25-24-49(50)45-107-72(99)85(5)31-13-17-48-23-26-56(53(74)41-48)105-36-15-22-58-64(68(96)97)81-71(109-58)87(32-14-18-52(90)44-89(7,8)34-16-39-110(101,102)103)59-40-47(4)65(84-83-59)82-70-79-54-19-10-11-21-57(54)108-70/h1,10-11,19,21,23-28,40-42,46,52,55,63,90H,12,14-16,18,20,22,29-39,43-45H2,2-8H3,(H8-,75,76,77,78,79,80,82,84,91,94,95,96,97,98,101,102,103)/p+1/t52?,55-,63-/m0/s1. The van der Waals surface area contributed by atoms with Crippen LogP contribution in [0.2, 0.25) is 0 Å². The molecule has 9 amide bonds. The van der Waals surface area contributed by atoms with Crippen molar-refractivity contribution in [3.63, 3.8) is 0 Å². The largest absolute Gasteiger partial charge is 0.491 e. The van der Waals surface area contributed by atoms with Crippen LogP contribution in [0, 0.1) is 42.8 Å². The number of halogens is 1. The number of para-hydroxylation sites is 1. The molecule has 4 heterocycles. The minimum absolute atomic E-state index is 0.0128. The van der Waals surface area contributed by atoms with Crippen molar-refractivity contribution in [2.75, 3.05) is 115 Å². The molecule has 7 rings (SSSR count). The van der Waals surface area contributed by atoms with E-state index in [1.807, 2.05) is 45.3 Å². The summed E-state index contributed by atoms with van der Waals surface area (Å²) in [4.78, 5) is 130. The van der Waals surface area contributed by atoms with Gasteiger partial charge >= 0.3 is 24.2 Å². The first-order valence-electron chi connectivity index (χ1n) is 35.0. The number of nitrogens with zero attached hydrogens (tertiary/aromatic N) is 9. The maximum absolute atomic E-state index is 15.6. The van der Waals surface area contributed by atoms with E-state index in [-0.39, 0.29) is 138 Å². The van der Waals surface area contributed by atoms with Gasteiger partial charge in [-0.3, -0.25) is 33.4 Å². The number of carboxylic acids is 1. The highest BCUT2D eigenvalue weighted by atomic mass is 32.2. The van der Waals surface area contributed by atoms with Gasteiger partial charge in [-0.25, -0.2) is 33.5 Å². The first kappa shape index (κ1) is 86.3. The number of amides is 9. The molecule has 3 atom stereocenters. The molecule has 0 aliphatic carbocycles. The third-order valence-electron chi connectivity index (χ3n) is 16.8. The van der Waals surface area contributed by atoms with E-state index in [1.165, 1.54) is 54.6 Å². The number of imide groups is 1. The van der Waals surface area contributed by atoms with Gasteiger partial charge < -0.3 is 80.7 Å². The number of terminal acetylenes is 1. The summed E-state index contributed by atoms with van der Waals surface area (Å²) in [5, 5.41) is 45.3. The number of aliphatic hydroxyl groups is 1. The number of benzene rings is 3. The molecule has 0 saturated heterocycles. The number of fused-ring (bicyclic) bond motifs is 1. The number of carbonyl (C=O) groups excluding carboxylic acids is 8. The molecule has 1 unspecified atom stereocenters. The van der Waals surface area contributed by atoms with Crippen molar-refractivity contribution in [2.45, 2.75) is 103 Å². The van der Waals surface area contributed by atoms with Gasteiger partial charge in [0.1, 0.15) is 31.3 Å². The number of carboxylic acid groups (broad SMARTS) is 1. The highest BCUT2D eigenvalue weighted by molar-refractivity contribution is 7.85. The zero-order valence-electron chi connectivity index (χ0n) is 61.9. The number of nitrogens with two attached hydrogens (primary N) is 1. The summed E-state index contributed by atoms with van der Waals surface area (Å²) in [6.07, 6.45) is 6.48. The molecule has 10 N–H and O–H groups in total. The number of primary amides is 1. The average Bonchev–Trinajstić information content (AvgIpc) is 1.63. The Morgan fingerprint density at radius 2 is 1.60 bits per heavy atom. The van der Waals surface area contributed by atoms with E-state index in [2.05, 4.69) is 64.5 Å². The van der Waals surface area contributed by atoms with Gasteiger partial charge in [0.05, 0.1) is 69.5 Å². The second-order valence-electron chi connectivity index (χ2n) is 26.6. The van der Waals surface area contributed by atoms with Crippen LogP contribution in [-0.4, -0.2) is 234 Å². The van der Waals surface area contributed by atoms with Gasteiger partial charge in [0, 0.05) is 74.9 Å². The first-order chi connectivity index (χ1) is 52.3. The number of thiazole rings is 2. The van der Waals surface area contributed by atoms with Crippen LogP contribution < -0.4 is 42.0 Å². The van der Waals surface area contributed by atoms with Crippen molar-refractivity contribution in [3.8, 4) is 29.9 Å². The second-order valence-corrected chi connectivity index (χ2v) is 30.2. The Labute approximate surface area is 643 Å². The number of aryl methyl sites for hydroxylation is 2. The number of nitrogens with one attached hydrogen (secondary N) is 5. The van der Waals surface area contributed by atoms with E-state index in [1.54, 1.807) is 30.9 Å². The van der Waals surface area contributed by atoms with Crippen molar-refractivity contribution in [1.29, 1.82) is 0 Å². The molecule has 0 spiro atoms. The molecular formula is C73H91FN15O18S3+. The zero-order chi connectivity index (χ0) is 80.2. The van der Waals surface area contributed by atoms with Crippen molar-refractivity contribution >= 4 is 124 Å². The Hall–Kier alpha value is -10.9. The first-order valence-corrected chi connectivity index (χ1v) is 38.2. The predicted molar refractivity (Wildman–Crippen MR) is 407 cm³/mol. The number of aliphatic hydroxyl groups excluding tert-OH is 1. The maximum Gasteiger partial charge on any atom is 0.410 e. The normalized spacial score (nSPS) is 12.8. The van der Waals surface area contributed by atoms with E-state index in [0.29, 0.717) is 62.9 Å². The molecule has 3 aromatic carbocycles. The molecule has 1 aliphatic heterocycles. The van der Waals surface area contributed by atoms with E-state index < -0.39 is 99.5 Å². The minimum Gasteiger partial charge on any atom is -0.491 e. The Balaban J connectivity index is 0.950. The molecule has 6 aromatic rings. The fraction of sp³-hybridized carbons (Fsp3) is 0.438. The number of aromatic carboxylic acids is 1. The lowest BCUT2D eigenvalue weighted by Gasteiger charge is -2.32. The fourth-order valence-electron chi connectivity index (χ4n) is 11.1. The quantitative estimate of drug-likeness (QED) is 0.00672. The number of hydrogen-bond donors (Lipinski definition) is 9. The summed E-state index contributed by atoms with van der Waals surface area (Å²) in [5.41, 5.74) is 7.77. The summed E-state index contributed by atoms with van der Waals surface area (Å²) in [6.45, 7) is 5.00. The molecule has 590 valence electrons. The summed E-state index contributed by atoms with van der Waals surface area (Å²) in [5.74, 6) is 2.77. The van der Waals surface area contributed by atoms with Crippen molar-refractivity contribution in [1.82, 2.24) is 50.8 Å². The van der Waals surface area contributed by atoms with Gasteiger partial charge in [-0.15, -0.1) is 28.0 Å². The topological polar surface area (TPSA) is 436 Å². The monoisotopic (exact) mass is 1580 g/mol. The molecule has 0 saturated carbocycles. The third-order valence-corrected chi connectivity index (χ3v) is 19.7. The van der Waals surface area contributed by atoms with Crippen molar-refractivity contribution < 1.29 is 94.2 Å². The smallest absolute Gasteiger partial charge is 0.410 e. The number of aromatic nitrogens is 4. The number of carbonyl (C=O) groups is 9. The SMILES string of the molecule is C#CCOC(=O)N(C)Cc1cc(NC(=O)[C@H](CCCNC(N)=O)NC(=O)[C@@H](NC(=O)CCOCCN2C(=O)C=CC2=O)C(C)C)ccc1COC(=O)N(C)CC#Cc1ccc(OCCCc2sc(N(CCCC(O)C[N+](C)(C)CCCS(=O)(=O)O)c3cc(C)c(Nc4nc5ccccc5s4)nn3)nc2C(=O)O)c(F)c1. The minimum atomic E-state index is -4.14. The molecule has 110 heavy (non-hydrogen) atoms. The lowest BCUT2D eigenvalue weighted by Crippen LogP contribution is -2.54. The Bertz CT molecular complexity index is 4490. The third kappa shape index (κ3) is 27.6. The average molecular weight is 1580 g/mol. The van der Waals surface area contributed by atoms with E-state index in [0.717, 1.165) is 49.6 Å². The Morgan fingerprint density at radius 3 is 2.29 bits per heavy atom. The van der Waals surface area contributed by atoms with E-state index in [4.69, 9.17) is 31.1 Å². The van der Waals surface area contributed by atoms with E-state index >= 15 is 4.39 Å². The van der Waals surface area contributed by atoms with Gasteiger partial charge in [0.2, 0.25) is 17.7 Å². The highest BCUT2D eigenvalue weighted by Crippen LogP contribution is 2.35. The summed E-state index contributed by atoms with van der Waals surface area (Å²) in [6, 6.07) is 14.9. The van der Waals surface area contributed by atoms with Crippen LogP contribution in [0.1, 0.15) is 96.4 Å². The summed E-state index contributed by atoms with van der Waals surface area (Å²) >= 11 is 2.58. The van der Waals surface area contributed by atoms with Gasteiger partial charge in [0.25, 0.3) is 21.9 Å². The highest BCUT2D eigenvalue weighted by Gasteiger charge is 2.31. The molecule has 37 heteroatoms. The molecule has 0 radical (unpaired) electrons. The maximum atomic E-state index is 15.6. The van der Waals surface area contributed by atoms with Crippen LogP contribution in [0.3, 0.4) is 0 Å². The Morgan fingerprint density at radius 1 is 0.855 bits per heavy atom. The lowest BCUT2D eigenvalue weighted by molar-refractivity contribution is -0.893. The van der Waals surface area contributed by atoms with Crippen LogP contribution in [0.4, 0.5) is 46.4 Å². The molecular weight excluding hydrogens is 1490 g/mol. The summed E-state index contributed by atoms with van der Waals surface area (Å²) < 4.78 is 70.8. The van der Waals surface area contributed by atoms with Crippen LogP contribution in [-0.2, 0) is 67.9 Å². The number of rotatable bonds is 42. The van der Waals surface area contributed by atoms with E-state index in [9.17, 15) is 66.3 Å². The number of hydrogen-bond acceptors (Lipinski definition) is 24. The van der Waals surface area contributed by atoms with Gasteiger partial charge in [-0.05, 0) is 117 Å². The molecule has 3 aromatic heterocycles. The number of likely N-dealkylation sites (N-methyl/N-ethyl adjacent to an activating group) is 1. The second kappa shape index (κ2) is 41.6. The zero-order valence-corrected chi connectivity index (χ0v) is 64.4. The van der Waals surface area contributed by atoms with Gasteiger partial charge in [-0.1, -0.05) is 61.1 Å². The van der Waals surface area contributed by atoms with Crippen LogP contribution >= 0.6 is 22.7 Å². The number of anilines is 5. The number of quaternary nitrogens is 1. The number of urea groups is 1. The van der Waals surface area contributed by atoms with Crippen LogP contribution in [0.5, 0.6) is 5.75 Å². The lowest BCUT2D eigenvalue weighted by atomic mass is 10.0. The van der Waals surface area contributed by atoms with Crippen molar-refractivity contribution in [2.24, 2.45) is 11.7 Å². The number of ether oxygens (including phenoxy) is 4. The van der Waals surface area contributed by atoms with Gasteiger partial charge in [0.15, 0.2) is 45.8 Å². The molecule has 33 nitrogen and oxygen atoms in total. The predicted octanol–water partition coefficient (Wildman–Crippen LogP) is 6.24. The fourth-order valence-corrected chi connectivity index (χ4v) is 13.6.